The van der Waals surface area contributed by atoms with Crippen molar-refractivity contribution < 1.29 is 18.7 Å². The van der Waals surface area contributed by atoms with Gasteiger partial charge < -0.3 is 19.6 Å². The molecule has 1 amide bonds. The number of hydrogen-bond acceptors (Lipinski definition) is 6. The summed E-state index contributed by atoms with van der Waals surface area (Å²) >= 11 is 0. The van der Waals surface area contributed by atoms with Crippen molar-refractivity contribution in [3.8, 4) is 11.4 Å². The van der Waals surface area contributed by atoms with Crippen LogP contribution in [0.2, 0.25) is 0 Å². The number of nitrogens with two attached hydrogens (primary N) is 1. The fourth-order valence-electron chi connectivity index (χ4n) is 2.19. The smallest absolute Gasteiger partial charge is 0.225 e. The van der Waals surface area contributed by atoms with Crippen LogP contribution in [0.25, 0.3) is 11.4 Å². The maximum Gasteiger partial charge on any atom is 0.225 e. The van der Waals surface area contributed by atoms with E-state index in [0.717, 1.165) is 5.56 Å². The summed E-state index contributed by atoms with van der Waals surface area (Å²) in [5.41, 5.74) is 5.98. The molecule has 2 N–H and O–H groups in total. The standard InChI is InChI=1S/C13H16N4O4/c14-11(18)5-12-15-13(9-1-2-19-7-9)17(16-12)6-10-8-20-3-4-21-10/h1-2,7,10H,3-6,8H2,(H2,14,18)/t10-/m0/s1. The number of carbonyl (C=O) groups excluding carboxylic acids is 1. The Morgan fingerprint density at radius 2 is 2.38 bits per heavy atom. The molecule has 3 heterocycles. The first-order chi connectivity index (χ1) is 10.2. The summed E-state index contributed by atoms with van der Waals surface area (Å²) < 4.78 is 17.8. The zero-order valence-corrected chi connectivity index (χ0v) is 11.4. The van der Waals surface area contributed by atoms with Crippen molar-refractivity contribution in [2.45, 2.75) is 19.1 Å². The van der Waals surface area contributed by atoms with E-state index in [0.29, 0.717) is 38.0 Å². The predicted octanol–water partition coefficient (Wildman–Crippen LogP) is -0.0187. The largest absolute Gasteiger partial charge is 0.472 e. The molecule has 0 bridgehead atoms. The Kier molecular flexibility index (Phi) is 3.98. The Labute approximate surface area is 120 Å². The van der Waals surface area contributed by atoms with Crippen LogP contribution >= 0.6 is 0 Å². The molecule has 21 heavy (non-hydrogen) atoms. The van der Waals surface area contributed by atoms with Crippen molar-refractivity contribution in [2.24, 2.45) is 5.73 Å². The van der Waals surface area contributed by atoms with E-state index in [1.54, 1.807) is 23.3 Å². The SMILES string of the molecule is NC(=O)Cc1nc(-c2ccoc2)n(C[C@H]2COCCO2)n1. The average molecular weight is 292 g/mol. The molecule has 0 radical (unpaired) electrons. The van der Waals surface area contributed by atoms with Gasteiger partial charge in [-0.2, -0.15) is 5.10 Å². The second kappa shape index (κ2) is 6.06. The van der Waals surface area contributed by atoms with Gasteiger partial charge in [-0.15, -0.1) is 0 Å². The third-order valence-corrected chi connectivity index (χ3v) is 3.09. The van der Waals surface area contributed by atoms with Gasteiger partial charge in [0.15, 0.2) is 11.6 Å². The first kappa shape index (κ1) is 13.8. The van der Waals surface area contributed by atoms with Gasteiger partial charge in [-0.3, -0.25) is 4.79 Å². The second-order valence-corrected chi connectivity index (χ2v) is 4.76. The van der Waals surface area contributed by atoms with Crippen LogP contribution in [-0.4, -0.2) is 46.6 Å². The zero-order chi connectivity index (χ0) is 14.7. The predicted molar refractivity (Wildman–Crippen MR) is 71.2 cm³/mol. The summed E-state index contributed by atoms with van der Waals surface area (Å²) in [6, 6.07) is 1.78. The third kappa shape index (κ3) is 3.29. The van der Waals surface area contributed by atoms with Crippen molar-refractivity contribution in [3.63, 3.8) is 0 Å². The van der Waals surface area contributed by atoms with Crippen LogP contribution in [0.4, 0.5) is 0 Å². The summed E-state index contributed by atoms with van der Waals surface area (Å²) in [6.07, 6.45) is 3.04. The molecule has 8 heteroatoms. The van der Waals surface area contributed by atoms with E-state index in [-0.39, 0.29) is 12.5 Å². The van der Waals surface area contributed by atoms with Gasteiger partial charge >= 0.3 is 0 Å². The van der Waals surface area contributed by atoms with Gasteiger partial charge in [0.05, 0.1) is 44.6 Å². The van der Waals surface area contributed by atoms with Crippen LogP contribution in [0.5, 0.6) is 0 Å². The molecule has 8 nitrogen and oxygen atoms in total. The minimum absolute atomic E-state index is 0.000124. The highest BCUT2D eigenvalue weighted by atomic mass is 16.6. The number of ether oxygens (including phenoxy) is 2. The normalized spacial score (nSPS) is 18.8. The van der Waals surface area contributed by atoms with Gasteiger partial charge in [0.1, 0.15) is 12.4 Å². The maximum atomic E-state index is 11.0. The van der Waals surface area contributed by atoms with Crippen LogP contribution in [0.15, 0.2) is 23.0 Å². The number of aromatic nitrogens is 3. The Morgan fingerprint density at radius 3 is 3.05 bits per heavy atom. The fourth-order valence-corrected chi connectivity index (χ4v) is 2.19. The van der Waals surface area contributed by atoms with Crippen LogP contribution in [0, 0.1) is 0 Å². The molecule has 0 aromatic carbocycles. The molecular weight excluding hydrogens is 276 g/mol. The number of amides is 1. The summed E-state index contributed by atoms with van der Waals surface area (Å²) in [5, 5.41) is 4.33. The van der Waals surface area contributed by atoms with E-state index in [1.807, 2.05) is 0 Å². The van der Waals surface area contributed by atoms with Crippen molar-refractivity contribution in [2.75, 3.05) is 19.8 Å². The molecule has 3 rings (SSSR count). The van der Waals surface area contributed by atoms with Gasteiger partial charge in [0.2, 0.25) is 5.91 Å². The summed E-state index contributed by atoms with van der Waals surface area (Å²) in [5.74, 6) is 0.535. The highest BCUT2D eigenvalue weighted by Gasteiger charge is 2.20. The van der Waals surface area contributed by atoms with E-state index in [1.165, 1.54) is 0 Å². The number of primary amides is 1. The summed E-state index contributed by atoms with van der Waals surface area (Å²) in [6.45, 7) is 2.17. The topological polar surface area (TPSA) is 105 Å². The van der Waals surface area contributed by atoms with Gasteiger partial charge in [-0.25, -0.2) is 9.67 Å². The van der Waals surface area contributed by atoms with E-state index >= 15 is 0 Å². The molecule has 0 spiro atoms. The lowest BCUT2D eigenvalue weighted by Crippen LogP contribution is -2.32. The lowest BCUT2D eigenvalue weighted by molar-refractivity contribution is -0.117. The van der Waals surface area contributed by atoms with Crippen LogP contribution in [0.3, 0.4) is 0 Å². The Bertz CT molecular complexity index is 602. The number of hydrogen-bond donors (Lipinski definition) is 1. The molecule has 0 unspecified atom stereocenters. The molecule has 0 aliphatic carbocycles. The van der Waals surface area contributed by atoms with Gasteiger partial charge in [-0.05, 0) is 6.07 Å². The summed E-state index contributed by atoms with van der Waals surface area (Å²) in [4.78, 5) is 15.4. The van der Waals surface area contributed by atoms with Gasteiger partial charge in [-0.1, -0.05) is 0 Å². The van der Waals surface area contributed by atoms with Gasteiger partial charge in [0.25, 0.3) is 0 Å². The van der Waals surface area contributed by atoms with Gasteiger partial charge in [0, 0.05) is 0 Å². The van der Waals surface area contributed by atoms with Crippen LogP contribution < -0.4 is 5.73 Å². The number of carbonyl (C=O) groups is 1. The molecule has 1 aliphatic rings. The maximum absolute atomic E-state index is 11.0. The quantitative estimate of drug-likeness (QED) is 0.830. The fraction of sp³-hybridized carbons (Fsp3) is 0.462. The monoisotopic (exact) mass is 292 g/mol. The molecular formula is C13H16N4O4. The second-order valence-electron chi connectivity index (χ2n) is 4.76. The molecule has 2 aromatic heterocycles. The zero-order valence-electron chi connectivity index (χ0n) is 11.4. The Balaban J connectivity index is 1.85. The van der Waals surface area contributed by atoms with E-state index in [9.17, 15) is 4.79 Å². The lowest BCUT2D eigenvalue weighted by atomic mass is 10.3. The van der Waals surface area contributed by atoms with Crippen LogP contribution in [-0.2, 0) is 27.2 Å². The average Bonchev–Trinajstić information content (AvgIpc) is 3.09. The summed E-state index contributed by atoms with van der Waals surface area (Å²) in [7, 11) is 0. The number of nitrogens with zero attached hydrogens (tertiary/aromatic N) is 3. The Morgan fingerprint density at radius 1 is 1.48 bits per heavy atom. The van der Waals surface area contributed by atoms with Crippen LogP contribution in [0.1, 0.15) is 5.82 Å². The van der Waals surface area contributed by atoms with Crippen molar-refractivity contribution in [1.29, 1.82) is 0 Å². The highest BCUT2D eigenvalue weighted by molar-refractivity contribution is 5.75. The Hall–Kier alpha value is -2.19. The molecule has 1 fully saturated rings. The number of rotatable bonds is 5. The molecule has 1 atom stereocenters. The molecule has 1 saturated heterocycles. The first-order valence-corrected chi connectivity index (χ1v) is 6.66. The molecule has 0 saturated carbocycles. The van der Waals surface area contributed by atoms with Crippen molar-refractivity contribution >= 4 is 5.91 Å². The lowest BCUT2D eigenvalue weighted by Gasteiger charge is -2.23. The first-order valence-electron chi connectivity index (χ1n) is 6.66. The third-order valence-electron chi connectivity index (χ3n) is 3.09. The van der Waals surface area contributed by atoms with E-state index in [2.05, 4.69) is 10.1 Å². The highest BCUT2D eigenvalue weighted by Crippen LogP contribution is 2.19. The van der Waals surface area contributed by atoms with Crippen molar-refractivity contribution in [1.82, 2.24) is 14.8 Å². The molecule has 112 valence electrons. The van der Waals surface area contributed by atoms with E-state index < -0.39 is 5.91 Å². The van der Waals surface area contributed by atoms with E-state index in [4.69, 9.17) is 19.6 Å². The molecule has 2 aromatic rings. The minimum atomic E-state index is -0.469. The number of furan rings is 1. The minimum Gasteiger partial charge on any atom is -0.472 e. The molecule has 1 aliphatic heterocycles. The van der Waals surface area contributed by atoms with Crippen molar-refractivity contribution in [3.05, 3.63) is 24.4 Å².